The molecule has 4 atom stereocenters. The number of aliphatic hydroxyl groups excluding tert-OH is 1. The molecule has 37 heavy (non-hydrogen) atoms. The minimum Gasteiger partial charge on any atom is -0.481 e. The molecule has 8 N–H and O–H groups in total. The SMILES string of the molecule is NC(Cc1c[nH]c2ccccc12)C(=O)NC(CCC(=O)O)C(=O)N1CCCC1C(=O)NC(CO)C(=O)O. The van der Waals surface area contributed by atoms with E-state index in [1.54, 1.807) is 6.20 Å². The molecule has 1 saturated heterocycles. The van der Waals surface area contributed by atoms with E-state index >= 15 is 0 Å². The summed E-state index contributed by atoms with van der Waals surface area (Å²) in [6.07, 6.45) is 1.97. The average Bonchev–Trinajstić information content (AvgIpc) is 3.52. The van der Waals surface area contributed by atoms with Gasteiger partial charge in [0.05, 0.1) is 12.6 Å². The van der Waals surface area contributed by atoms with E-state index in [4.69, 9.17) is 15.9 Å². The van der Waals surface area contributed by atoms with Gasteiger partial charge < -0.3 is 41.6 Å². The number of H-pyrrole nitrogens is 1. The lowest BCUT2D eigenvalue weighted by Crippen LogP contribution is -2.57. The van der Waals surface area contributed by atoms with Crippen molar-refractivity contribution in [2.45, 2.75) is 56.3 Å². The number of carboxylic acid groups (broad SMARTS) is 2. The van der Waals surface area contributed by atoms with Gasteiger partial charge in [-0.2, -0.15) is 0 Å². The number of carbonyl (C=O) groups excluding carboxylic acids is 3. The Hall–Kier alpha value is -3.97. The van der Waals surface area contributed by atoms with Crippen molar-refractivity contribution in [3.8, 4) is 0 Å². The Balaban J connectivity index is 1.71. The van der Waals surface area contributed by atoms with Gasteiger partial charge in [-0.25, -0.2) is 4.79 Å². The van der Waals surface area contributed by atoms with Crippen molar-refractivity contribution >= 4 is 40.6 Å². The first-order chi connectivity index (χ1) is 17.6. The van der Waals surface area contributed by atoms with Gasteiger partial charge in [-0.3, -0.25) is 19.2 Å². The Morgan fingerprint density at radius 3 is 2.51 bits per heavy atom. The highest BCUT2D eigenvalue weighted by atomic mass is 16.4. The molecule has 3 amide bonds. The van der Waals surface area contributed by atoms with Crippen molar-refractivity contribution in [2.24, 2.45) is 5.73 Å². The maximum Gasteiger partial charge on any atom is 0.328 e. The fourth-order valence-electron chi connectivity index (χ4n) is 4.39. The molecule has 2 heterocycles. The summed E-state index contributed by atoms with van der Waals surface area (Å²) in [6.45, 7) is -0.665. The van der Waals surface area contributed by atoms with Crippen LogP contribution in [0.4, 0.5) is 0 Å². The van der Waals surface area contributed by atoms with Crippen LogP contribution < -0.4 is 16.4 Å². The first kappa shape index (κ1) is 27.6. The van der Waals surface area contributed by atoms with Crippen LogP contribution in [-0.4, -0.2) is 92.2 Å². The van der Waals surface area contributed by atoms with Crippen molar-refractivity contribution in [2.75, 3.05) is 13.2 Å². The van der Waals surface area contributed by atoms with Gasteiger partial charge in [-0.15, -0.1) is 0 Å². The first-order valence-electron chi connectivity index (χ1n) is 11.9. The molecule has 13 nitrogen and oxygen atoms in total. The van der Waals surface area contributed by atoms with Crippen LogP contribution in [-0.2, 0) is 30.4 Å². The Kier molecular flexibility index (Phi) is 9.20. The summed E-state index contributed by atoms with van der Waals surface area (Å²) in [5, 5.41) is 33.0. The zero-order chi connectivity index (χ0) is 27.1. The minimum atomic E-state index is -1.53. The number of para-hydroxylation sites is 1. The third-order valence-corrected chi connectivity index (χ3v) is 6.35. The summed E-state index contributed by atoms with van der Waals surface area (Å²) in [5.41, 5.74) is 7.81. The molecule has 1 aromatic heterocycles. The number of aromatic nitrogens is 1. The van der Waals surface area contributed by atoms with Crippen LogP contribution in [0.5, 0.6) is 0 Å². The van der Waals surface area contributed by atoms with Crippen molar-refractivity contribution < 1.29 is 39.3 Å². The summed E-state index contributed by atoms with van der Waals surface area (Å²) in [7, 11) is 0. The Bertz CT molecular complexity index is 1160. The zero-order valence-electron chi connectivity index (χ0n) is 20.1. The van der Waals surface area contributed by atoms with Crippen LogP contribution in [0.2, 0.25) is 0 Å². The molecule has 0 radical (unpaired) electrons. The summed E-state index contributed by atoms with van der Waals surface area (Å²) in [6, 6.07) is 2.65. The second kappa shape index (κ2) is 12.3. The van der Waals surface area contributed by atoms with E-state index in [1.165, 1.54) is 4.90 Å². The fraction of sp³-hybridized carbons (Fsp3) is 0.458. The molecule has 1 aliphatic rings. The third-order valence-electron chi connectivity index (χ3n) is 6.35. The molecule has 0 bridgehead atoms. The number of aliphatic carboxylic acids is 2. The van der Waals surface area contributed by atoms with Crippen LogP contribution in [0, 0.1) is 0 Å². The molecule has 1 aliphatic heterocycles. The number of rotatable bonds is 12. The van der Waals surface area contributed by atoms with Gasteiger partial charge >= 0.3 is 11.9 Å². The van der Waals surface area contributed by atoms with Crippen LogP contribution in [0.15, 0.2) is 30.5 Å². The van der Waals surface area contributed by atoms with Gasteiger partial charge in [0, 0.05) is 30.1 Å². The number of amides is 3. The highest BCUT2D eigenvalue weighted by Crippen LogP contribution is 2.21. The lowest BCUT2D eigenvalue weighted by Gasteiger charge is -2.29. The Labute approximate surface area is 212 Å². The van der Waals surface area contributed by atoms with Gasteiger partial charge in [-0.1, -0.05) is 18.2 Å². The van der Waals surface area contributed by atoms with Crippen LogP contribution in [0.3, 0.4) is 0 Å². The molecule has 3 rings (SSSR count). The summed E-state index contributed by atoms with van der Waals surface area (Å²) >= 11 is 0. The molecule has 1 fully saturated rings. The normalized spacial score (nSPS) is 17.7. The smallest absolute Gasteiger partial charge is 0.328 e. The molecule has 2 aromatic rings. The first-order valence-corrected chi connectivity index (χ1v) is 11.9. The van der Waals surface area contributed by atoms with E-state index in [0.29, 0.717) is 6.42 Å². The molecular formula is C24H31N5O8. The number of hydrogen-bond donors (Lipinski definition) is 7. The lowest BCUT2D eigenvalue weighted by molar-refractivity contribution is -0.145. The molecule has 1 aromatic carbocycles. The average molecular weight is 518 g/mol. The number of aromatic amines is 1. The van der Waals surface area contributed by atoms with Crippen LogP contribution >= 0.6 is 0 Å². The predicted molar refractivity (Wildman–Crippen MR) is 130 cm³/mol. The Morgan fingerprint density at radius 2 is 1.84 bits per heavy atom. The van der Waals surface area contributed by atoms with Crippen LogP contribution in [0.1, 0.15) is 31.2 Å². The van der Waals surface area contributed by atoms with Crippen molar-refractivity contribution in [3.63, 3.8) is 0 Å². The van der Waals surface area contributed by atoms with Crippen molar-refractivity contribution in [1.29, 1.82) is 0 Å². The quantitative estimate of drug-likeness (QED) is 0.182. The number of carbonyl (C=O) groups is 5. The maximum atomic E-state index is 13.3. The number of carboxylic acids is 2. The highest BCUT2D eigenvalue weighted by Gasteiger charge is 2.39. The van der Waals surface area contributed by atoms with E-state index in [-0.39, 0.29) is 25.8 Å². The van der Waals surface area contributed by atoms with E-state index in [9.17, 15) is 29.1 Å². The predicted octanol–water partition coefficient (Wildman–Crippen LogP) is -1.06. The van der Waals surface area contributed by atoms with Crippen molar-refractivity contribution in [3.05, 3.63) is 36.0 Å². The molecule has 200 valence electrons. The third kappa shape index (κ3) is 6.83. The van der Waals surface area contributed by atoms with Gasteiger partial charge in [0.15, 0.2) is 0 Å². The number of fused-ring (bicyclic) bond motifs is 1. The molecule has 0 spiro atoms. The molecule has 0 aliphatic carbocycles. The summed E-state index contributed by atoms with van der Waals surface area (Å²) in [5.74, 6) is -4.67. The van der Waals surface area contributed by atoms with Gasteiger partial charge in [0.1, 0.15) is 18.1 Å². The van der Waals surface area contributed by atoms with Crippen LogP contribution in [0.25, 0.3) is 10.9 Å². The number of nitrogens with two attached hydrogens (primary N) is 1. The number of likely N-dealkylation sites (tertiary alicyclic amines) is 1. The lowest BCUT2D eigenvalue weighted by atomic mass is 10.0. The topological polar surface area (TPSA) is 215 Å². The number of aliphatic hydroxyl groups is 1. The van der Waals surface area contributed by atoms with E-state index < -0.39 is 66.9 Å². The number of nitrogens with zero attached hydrogens (tertiary/aromatic N) is 1. The minimum absolute atomic E-state index is 0.161. The van der Waals surface area contributed by atoms with E-state index in [2.05, 4.69) is 15.6 Å². The number of nitrogens with one attached hydrogen (secondary N) is 3. The van der Waals surface area contributed by atoms with Crippen molar-refractivity contribution in [1.82, 2.24) is 20.5 Å². The monoisotopic (exact) mass is 517 g/mol. The number of hydrogen-bond acceptors (Lipinski definition) is 7. The summed E-state index contributed by atoms with van der Waals surface area (Å²) in [4.78, 5) is 65.5. The van der Waals surface area contributed by atoms with E-state index in [1.807, 2.05) is 24.3 Å². The summed E-state index contributed by atoms with van der Waals surface area (Å²) < 4.78 is 0. The Morgan fingerprint density at radius 1 is 1.11 bits per heavy atom. The maximum absolute atomic E-state index is 13.3. The van der Waals surface area contributed by atoms with E-state index in [0.717, 1.165) is 16.5 Å². The standard InChI is InChI=1S/C24H31N5O8/c25-15(10-13-11-26-16-5-2-1-4-14(13)16)21(33)27-17(7-8-20(31)32)23(35)29-9-3-6-19(29)22(34)28-18(12-30)24(36)37/h1-2,4-5,11,15,17-19,26,30H,3,6-10,12,25H2,(H,27,33)(H,28,34)(H,31,32)(H,36,37). The van der Waals surface area contributed by atoms with Gasteiger partial charge in [-0.05, 0) is 37.3 Å². The number of benzene rings is 1. The molecule has 0 saturated carbocycles. The van der Waals surface area contributed by atoms with Gasteiger partial charge in [0.25, 0.3) is 0 Å². The highest BCUT2D eigenvalue weighted by molar-refractivity contribution is 5.95. The molecule has 13 heteroatoms. The van der Waals surface area contributed by atoms with Gasteiger partial charge in [0.2, 0.25) is 17.7 Å². The largest absolute Gasteiger partial charge is 0.481 e. The molecule has 4 unspecified atom stereocenters. The molecular weight excluding hydrogens is 486 g/mol. The second-order valence-electron chi connectivity index (χ2n) is 8.94. The fourth-order valence-corrected chi connectivity index (χ4v) is 4.39. The second-order valence-corrected chi connectivity index (χ2v) is 8.94. The zero-order valence-corrected chi connectivity index (χ0v) is 20.1.